The van der Waals surface area contributed by atoms with Crippen LogP contribution in [-0.4, -0.2) is 190 Å². The number of hydrogen-bond donors (Lipinski definition) is 1. The number of piperidine rings is 2. The standard InChI is InChI=1S/C75H87F7N8O8/c1-83(36-14-6-9-22-67(91)85(3)44-45-87-39-31-62(32-40-87)90(71(95)96)65-21-13-11-19-63(65)53-16-7-5-8-17-53)61-29-23-54(24-30-61)69(93)86(4)38-15-37-84(2)68(92)50-97-66-48-55-18-10-12-20-64(55)72(66)33-41-88(42-34-72)43-35-73(57-25-27-60(76)28-26-57)51-89(52-98-73)70(94)56-46-58(74(77,78)79)49-59(47-56)75(80,81)82/h5,7-8,10-13,16-21,23-30,46-47,49,62,66H,6,9,14-15,22,31-45,48,50-52H2,1-4H3,(H,95,96)/t66-,73+/m0/s1. The molecule has 0 unspecified atom stereocenters. The van der Waals surface area contributed by atoms with Crippen molar-refractivity contribution in [3.05, 3.63) is 190 Å². The van der Waals surface area contributed by atoms with Crippen LogP contribution in [0.1, 0.15) is 113 Å². The Morgan fingerprint density at radius 1 is 0.633 bits per heavy atom. The largest absolute Gasteiger partial charge is 0.465 e. The molecule has 10 rings (SSSR count). The van der Waals surface area contributed by atoms with Gasteiger partial charge in [0.15, 0.2) is 0 Å². The molecular weight excluding hydrogens is 1270 g/mol. The van der Waals surface area contributed by atoms with Crippen LogP contribution in [0.25, 0.3) is 11.1 Å². The zero-order valence-electron chi connectivity index (χ0n) is 56.0. The van der Waals surface area contributed by atoms with Gasteiger partial charge in [-0.3, -0.25) is 24.1 Å². The number of benzene rings is 6. The molecule has 16 nitrogen and oxygen atoms in total. The second-order valence-electron chi connectivity index (χ2n) is 26.6. The van der Waals surface area contributed by atoms with Crippen molar-refractivity contribution in [1.29, 1.82) is 0 Å². The average Bonchev–Trinajstić information content (AvgIpc) is 1.58. The zero-order chi connectivity index (χ0) is 69.9. The normalized spacial score (nSPS) is 18.2. The summed E-state index contributed by atoms with van der Waals surface area (Å²) < 4.78 is 110. The number of fused-ring (bicyclic) bond motifs is 2. The molecule has 2 atom stereocenters. The molecule has 98 heavy (non-hydrogen) atoms. The van der Waals surface area contributed by atoms with Gasteiger partial charge in [-0.25, -0.2) is 9.18 Å². The van der Waals surface area contributed by atoms with Crippen LogP contribution in [0.3, 0.4) is 0 Å². The van der Waals surface area contributed by atoms with Crippen LogP contribution in [0.5, 0.6) is 0 Å². The number of alkyl halides is 6. The lowest BCUT2D eigenvalue weighted by molar-refractivity contribution is -0.143. The first-order chi connectivity index (χ1) is 46.8. The van der Waals surface area contributed by atoms with Crippen LogP contribution in [0.2, 0.25) is 0 Å². The minimum absolute atomic E-state index is 0.0288. The van der Waals surface area contributed by atoms with E-state index in [4.69, 9.17) is 9.47 Å². The number of anilines is 2. The van der Waals surface area contributed by atoms with Crippen molar-refractivity contribution in [2.75, 3.05) is 123 Å². The van der Waals surface area contributed by atoms with Crippen molar-refractivity contribution in [3.8, 4) is 11.1 Å². The van der Waals surface area contributed by atoms with Crippen LogP contribution in [0.4, 0.5) is 46.9 Å². The third-order valence-corrected chi connectivity index (χ3v) is 20.3. The number of amides is 5. The van der Waals surface area contributed by atoms with Gasteiger partial charge in [-0.1, -0.05) is 91.3 Å². The lowest BCUT2D eigenvalue weighted by Gasteiger charge is -2.44. The SMILES string of the molecule is CN(CCN1CCC(N(C(=O)O)c2ccccc2-c2ccccc2)CC1)C(=O)CCCCCN(C)c1ccc(C(=O)N(C)CCCN(C)C(=O)CO[C@H]2Cc3ccccc3C23CCN(CC[C@]2(c4ccc(F)cc4)CN(C(=O)c4cc(C(F)(F)F)cc(C(F)(F)F)c4)CO2)CC3)cc1. The quantitative estimate of drug-likeness (QED) is 0.0408. The maximum Gasteiger partial charge on any atom is 0.416 e. The van der Waals surface area contributed by atoms with Crippen molar-refractivity contribution in [3.63, 3.8) is 0 Å². The van der Waals surface area contributed by atoms with E-state index in [9.17, 15) is 59.8 Å². The number of carboxylic acid groups (broad SMARTS) is 1. The van der Waals surface area contributed by atoms with E-state index >= 15 is 0 Å². The fourth-order valence-electron chi connectivity index (χ4n) is 14.4. The molecule has 3 saturated heterocycles. The number of hydrogen-bond acceptors (Lipinski definition) is 10. The Balaban J connectivity index is 0.623. The molecule has 1 spiro atoms. The number of carbonyl (C=O) groups is 5. The zero-order valence-corrected chi connectivity index (χ0v) is 56.0. The topological polar surface area (TPSA) is 150 Å². The van der Waals surface area contributed by atoms with Gasteiger partial charge < -0.3 is 48.9 Å². The number of halogens is 7. The third-order valence-electron chi connectivity index (χ3n) is 20.3. The predicted molar refractivity (Wildman–Crippen MR) is 360 cm³/mol. The second kappa shape index (κ2) is 31.6. The van der Waals surface area contributed by atoms with E-state index in [-0.39, 0.29) is 55.5 Å². The van der Waals surface area contributed by atoms with Gasteiger partial charge in [0.1, 0.15) is 24.8 Å². The molecule has 3 fully saturated rings. The summed E-state index contributed by atoms with van der Waals surface area (Å²) >= 11 is 0. The average molecular weight is 1360 g/mol. The number of para-hydroxylation sites is 1. The van der Waals surface area contributed by atoms with Crippen molar-refractivity contribution in [2.24, 2.45) is 0 Å². The second-order valence-corrected chi connectivity index (χ2v) is 26.6. The van der Waals surface area contributed by atoms with Gasteiger partial charge in [-0.15, -0.1) is 0 Å². The summed E-state index contributed by atoms with van der Waals surface area (Å²) in [5.41, 5.74) is 1.17. The molecule has 5 amide bonds. The first kappa shape index (κ1) is 72.4. The van der Waals surface area contributed by atoms with Gasteiger partial charge in [-0.2, -0.15) is 26.3 Å². The number of nitrogens with zero attached hydrogens (tertiary/aromatic N) is 8. The summed E-state index contributed by atoms with van der Waals surface area (Å²) in [6.45, 7) is 5.23. The van der Waals surface area contributed by atoms with Gasteiger partial charge in [-0.05, 0) is 154 Å². The molecule has 23 heteroatoms. The van der Waals surface area contributed by atoms with Crippen molar-refractivity contribution in [2.45, 2.75) is 106 Å². The van der Waals surface area contributed by atoms with E-state index in [1.165, 1.54) is 29.2 Å². The molecule has 524 valence electrons. The Labute approximate surface area is 568 Å². The van der Waals surface area contributed by atoms with E-state index in [1.807, 2.05) is 105 Å². The highest BCUT2D eigenvalue weighted by Crippen LogP contribution is 2.49. The summed E-state index contributed by atoms with van der Waals surface area (Å²) in [7, 11) is 7.31. The Bertz CT molecular complexity index is 3680. The Hall–Kier alpha value is -8.38. The smallest absolute Gasteiger partial charge is 0.416 e. The van der Waals surface area contributed by atoms with Crippen LogP contribution >= 0.6 is 0 Å². The number of likely N-dealkylation sites (tertiary alicyclic amines) is 2. The van der Waals surface area contributed by atoms with E-state index in [0.29, 0.717) is 113 Å². The van der Waals surface area contributed by atoms with Gasteiger partial charge in [0.25, 0.3) is 11.8 Å². The van der Waals surface area contributed by atoms with Gasteiger partial charge in [0.2, 0.25) is 11.8 Å². The highest BCUT2D eigenvalue weighted by Gasteiger charge is 2.50. The van der Waals surface area contributed by atoms with Gasteiger partial charge in [0, 0.05) is 121 Å². The maximum absolute atomic E-state index is 14.3. The molecule has 0 saturated carbocycles. The number of unbranched alkanes of at least 4 members (excludes halogenated alkanes) is 2. The molecule has 6 aromatic rings. The Morgan fingerprint density at radius 3 is 1.93 bits per heavy atom. The van der Waals surface area contributed by atoms with Crippen LogP contribution in [-0.2, 0) is 48.9 Å². The summed E-state index contributed by atoms with van der Waals surface area (Å²) in [5, 5.41) is 10.4. The molecular formula is C75H87F7N8O8. The summed E-state index contributed by atoms with van der Waals surface area (Å²) in [4.78, 5) is 81.1. The van der Waals surface area contributed by atoms with Gasteiger partial charge >= 0.3 is 18.4 Å². The molecule has 3 heterocycles. The van der Waals surface area contributed by atoms with Crippen molar-refractivity contribution in [1.82, 2.24) is 29.4 Å². The Morgan fingerprint density at radius 2 is 1.26 bits per heavy atom. The highest BCUT2D eigenvalue weighted by atomic mass is 19.4. The fourth-order valence-corrected chi connectivity index (χ4v) is 14.4. The van der Waals surface area contributed by atoms with Crippen LogP contribution in [0.15, 0.2) is 146 Å². The monoisotopic (exact) mass is 1360 g/mol. The van der Waals surface area contributed by atoms with E-state index in [2.05, 4.69) is 26.8 Å². The van der Waals surface area contributed by atoms with Crippen LogP contribution < -0.4 is 9.80 Å². The first-order valence-electron chi connectivity index (χ1n) is 33.7. The van der Waals surface area contributed by atoms with E-state index in [0.717, 1.165) is 78.3 Å². The molecule has 3 aliphatic heterocycles. The Kier molecular flexibility index (Phi) is 23.4. The fraction of sp³-hybridized carbons (Fsp3) is 0.453. The van der Waals surface area contributed by atoms with Gasteiger partial charge in [0.05, 0.1) is 29.5 Å². The van der Waals surface area contributed by atoms with E-state index in [1.54, 1.807) is 28.8 Å². The number of ether oxygens (including phenoxy) is 2. The summed E-state index contributed by atoms with van der Waals surface area (Å²) in [6, 6.07) is 39.2. The molecule has 6 aromatic carbocycles. The number of rotatable bonds is 26. The first-order valence-corrected chi connectivity index (χ1v) is 33.7. The summed E-state index contributed by atoms with van der Waals surface area (Å²) in [5.74, 6) is -1.83. The lowest BCUT2D eigenvalue weighted by atomic mass is 9.72. The van der Waals surface area contributed by atoms with Crippen molar-refractivity contribution < 1.29 is 69.3 Å². The molecule has 0 bridgehead atoms. The molecule has 0 radical (unpaired) electrons. The van der Waals surface area contributed by atoms with Crippen LogP contribution in [0, 0.1) is 5.82 Å². The van der Waals surface area contributed by atoms with E-state index < -0.39 is 64.6 Å². The molecule has 4 aliphatic rings. The number of carbonyl (C=O) groups excluding carboxylic acids is 4. The lowest BCUT2D eigenvalue weighted by Crippen LogP contribution is -2.50. The maximum atomic E-state index is 14.3. The third kappa shape index (κ3) is 17.4. The molecule has 1 N–H and O–H groups in total. The minimum Gasteiger partial charge on any atom is -0.465 e. The molecule has 0 aromatic heterocycles. The summed E-state index contributed by atoms with van der Waals surface area (Å²) in [6.07, 6.45) is -4.42. The molecule has 1 aliphatic carbocycles. The minimum atomic E-state index is -5.15. The predicted octanol–water partition coefficient (Wildman–Crippen LogP) is 12.9. The van der Waals surface area contributed by atoms with Crippen molar-refractivity contribution >= 4 is 41.1 Å². The number of likely N-dealkylation sites (N-methyl/N-ethyl adjacent to an activating group) is 2. The highest BCUT2D eigenvalue weighted by molar-refractivity contribution is 5.96.